The Morgan fingerprint density at radius 3 is 2.42 bits per heavy atom. The molecule has 1 saturated heterocycles. The molecule has 1 fully saturated rings. The van der Waals surface area contributed by atoms with Gasteiger partial charge in [-0.1, -0.05) is 17.7 Å². The van der Waals surface area contributed by atoms with Crippen LogP contribution in [0.1, 0.15) is 19.4 Å². The first-order chi connectivity index (χ1) is 14.7. The van der Waals surface area contributed by atoms with Gasteiger partial charge in [0.05, 0.1) is 31.0 Å². The highest BCUT2D eigenvalue weighted by Crippen LogP contribution is 2.34. The zero-order valence-electron chi connectivity index (χ0n) is 17.4. The molecular formula is C22H21ClN2O5S. The molecule has 1 aliphatic rings. The van der Waals surface area contributed by atoms with E-state index >= 15 is 0 Å². The SMILES string of the molecule is COc1ccc(N2C(=O)/C(=C/c3ccc(OC(C)C)c(Cl)c3)C(=O)NC2=S)c(OC)c1. The van der Waals surface area contributed by atoms with Crippen molar-refractivity contribution in [1.29, 1.82) is 0 Å². The van der Waals surface area contributed by atoms with E-state index in [0.717, 1.165) is 0 Å². The number of thiocarbonyl (C=S) groups is 1. The van der Waals surface area contributed by atoms with Crippen LogP contribution >= 0.6 is 23.8 Å². The molecule has 31 heavy (non-hydrogen) atoms. The second-order valence-electron chi connectivity index (χ2n) is 6.85. The molecule has 7 nitrogen and oxygen atoms in total. The van der Waals surface area contributed by atoms with E-state index in [2.05, 4.69) is 5.32 Å². The van der Waals surface area contributed by atoms with Crippen LogP contribution in [0.4, 0.5) is 5.69 Å². The highest BCUT2D eigenvalue weighted by Gasteiger charge is 2.36. The predicted octanol–water partition coefficient (Wildman–Crippen LogP) is 3.98. The Morgan fingerprint density at radius 1 is 1.06 bits per heavy atom. The molecule has 2 aromatic rings. The summed E-state index contributed by atoms with van der Waals surface area (Å²) >= 11 is 11.5. The average molecular weight is 461 g/mol. The average Bonchev–Trinajstić information content (AvgIpc) is 2.72. The van der Waals surface area contributed by atoms with Crippen LogP contribution in [0.3, 0.4) is 0 Å². The molecule has 2 amide bonds. The number of halogens is 1. The molecule has 0 radical (unpaired) electrons. The Labute approximate surface area is 190 Å². The monoisotopic (exact) mass is 460 g/mol. The summed E-state index contributed by atoms with van der Waals surface area (Å²) in [6, 6.07) is 9.94. The quantitative estimate of drug-likeness (QED) is 0.399. The Balaban J connectivity index is 1.99. The van der Waals surface area contributed by atoms with Crippen molar-refractivity contribution in [2.24, 2.45) is 0 Å². The standard InChI is InChI=1S/C22H21ClN2O5S/c1-12(2)30-18-8-5-13(10-16(18)23)9-15-20(26)24-22(31)25(21(15)27)17-7-6-14(28-3)11-19(17)29-4/h5-12H,1-4H3,(H,24,26,31)/b15-9+. The van der Waals surface area contributed by atoms with Crippen LogP contribution in [0.2, 0.25) is 5.02 Å². The fraction of sp³-hybridized carbons (Fsp3) is 0.227. The Kier molecular flexibility index (Phi) is 6.82. The van der Waals surface area contributed by atoms with Crippen molar-refractivity contribution in [2.75, 3.05) is 19.1 Å². The third-order valence-electron chi connectivity index (χ3n) is 4.36. The predicted molar refractivity (Wildman–Crippen MR) is 123 cm³/mol. The number of ether oxygens (including phenoxy) is 3. The minimum atomic E-state index is -0.600. The number of rotatable bonds is 6. The van der Waals surface area contributed by atoms with Crippen LogP contribution in [-0.2, 0) is 9.59 Å². The van der Waals surface area contributed by atoms with Crippen molar-refractivity contribution in [3.63, 3.8) is 0 Å². The van der Waals surface area contributed by atoms with Crippen molar-refractivity contribution >= 4 is 52.5 Å². The molecule has 0 aromatic heterocycles. The van der Waals surface area contributed by atoms with Crippen molar-refractivity contribution in [1.82, 2.24) is 5.32 Å². The van der Waals surface area contributed by atoms with E-state index in [9.17, 15) is 9.59 Å². The fourth-order valence-corrected chi connectivity index (χ4v) is 3.48. The summed E-state index contributed by atoms with van der Waals surface area (Å²) in [5.74, 6) is 0.245. The smallest absolute Gasteiger partial charge is 0.270 e. The maximum atomic E-state index is 13.2. The Morgan fingerprint density at radius 2 is 1.81 bits per heavy atom. The van der Waals surface area contributed by atoms with Gasteiger partial charge in [-0.05, 0) is 62.0 Å². The number of amides is 2. The molecule has 0 bridgehead atoms. The number of benzene rings is 2. The molecule has 0 saturated carbocycles. The molecular weight excluding hydrogens is 440 g/mol. The van der Waals surface area contributed by atoms with Crippen LogP contribution in [0.15, 0.2) is 42.0 Å². The first-order valence-corrected chi connectivity index (χ1v) is 10.1. The van der Waals surface area contributed by atoms with E-state index in [1.807, 2.05) is 13.8 Å². The number of nitrogens with one attached hydrogen (secondary N) is 1. The third-order valence-corrected chi connectivity index (χ3v) is 4.94. The second kappa shape index (κ2) is 9.36. The summed E-state index contributed by atoms with van der Waals surface area (Å²) in [6.07, 6.45) is 1.41. The number of methoxy groups -OCH3 is 2. The van der Waals surface area contributed by atoms with Gasteiger partial charge in [-0.15, -0.1) is 0 Å². The lowest BCUT2D eigenvalue weighted by Gasteiger charge is -2.30. The van der Waals surface area contributed by atoms with Gasteiger partial charge >= 0.3 is 0 Å². The summed E-state index contributed by atoms with van der Waals surface area (Å²) in [5, 5.41) is 2.87. The maximum absolute atomic E-state index is 13.2. The van der Waals surface area contributed by atoms with Gasteiger partial charge in [0.1, 0.15) is 22.8 Å². The first kappa shape index (κ1) is 22.6. The molecule has 2 aromatic carbocycles. The highest BCUT2D eigenvalue weighted by atomic mass is 35.5. The van der Waals surface area contributed by atoms with Gasteiger partial charge in [-0.3, -0.25) is 14.9 Å². The normalized spacial score (nSPS) is 15.4. The maximum Gasteiger partial charge on any atom is 0.270 e. The minimum absolute atomic E-state index is 0.0403. The number of hydrogen-bond donors (Lipinski definition) is 1. The minimum Gasteiger partial charge on any atom is -0.497 e. The molecule has 162 valence electrons. The number of nitrogens with zero attached hydrogens (tertiary/aromatic N) is 1. The van der Waals surface area contributed by atoms with E-state index < -0.39 is 11.8 Å². The van der Waals surface area contributed by atoms with Crippen LogP contribution in [-0.4, -0.2) is 37.3 Å². The number of anilines is 1. The van der Waals surface area contributed by atoms with E-state index in [4.69, 9.17) is 38.0 Å². The zero-order chi connectivity index (χ0) is 22.7. The zero-order valence-corrected chi connectivity index (χ0v) is 19.0. The summed E-state index contributed by atoms with van der Waals surface area (Å²) in [6.45, 7) is 3.78. The van der Waals surface area contributed by atoms with Gasteiger partial charge in [0.25, 0.3) is 11.8 Å². The van der Waals surface area contributed by atoms with E-state index in [-0.39, 0.29) is 16.8 Å². The first-order valence-electron chi connectivity index (χ1n) is 9.34. The topological polar surface area (TPSA) is 77.1 Å². The number of carbonyl (C=O) groups is 2. The summed E-state index contributed by atoms with van der Waals surface area (Å²) < 4.78 is 16.2. The molecule has 9 heteroatoms. The van der Waals surface area contributed by atoms with Gasteiger partial charge in [-0.25, -0.2) is 4.90 Å². The number of hydrogen-bond acceptors (Lipinski definition) is 6. The lowest BCUT2D eigenvalue weighted by atomic mass is 10.1. The Hall–Kier alpha value is -3.10. The van der Waals surface area contributed by atoms with Crippen molar-refractivity contribution in [3.8, 4) is 17.2 Å². The third kappa shape index (κ3) is 4.81. The summed E-state index contributed by atoms with van der Waals surface area (Å²) in [4.78, 5) is 27.0. The van der Waals surface area contributed by atoms with Crippen molar-refractivity contribution < 1.29 is 23.8 Å². The molecule has 0 unspecified atom stereocenters. The molecule has 3 rings (SSSR count). The lowest BCUT2D eigenvalue weighted by Crippen LogP contribution is -2.54. The lowest BCUT2D eigenvalue weighted by molar-refractivity contribution is -0.122. The van der Waals surface area contributed by atoms with Crippen LogP contribution in [0.25, 0.3) is 6.08 Å². The van der Waals surface area contributed by atoms with Gasteiger partial charge < -0.3 is 14.2 Å². The van der Waals surface area contributed by atoms with E-state index in [0.29, 0.717) is 33.5 Å². The van der Waals surface area contributed by atoms with Gasteiger partial charge in [0.15, 0.2) is 5.11 Å². The van der Waals surface area contributed by atoms with Gasteiger partial charge in [0, 0.05) is 6.07 Å². The molecule has 0 aliphatic carbocycles. The molecule has 0 spiro atoms. The van der Waals surface area contributed by atoms with Crippen LogP contribution in [0.5, 0.6) is 17.2 Å². The fourth-order valence-electron chi connectivity index (χ4n) is 2.97. The second-order valence-corrected chi connectivity index (χ2v) is 7.65. The highest BCUT2D eigenvalue weighted by molar-refractivity contribution is 7.80. The van der Waals surface area contributed by atoms with E-state index in [1.165, 1.54) is 25.2 Å². The van der Waals surface area contributed by atoms with Crippen LogP contribution in [0, 0.1) is 0 Å². The van der Waals surface area contributed by atoms with E-state index in [1.54, 1.807) is 36.4 Å². The molecule has 1 heterocycles. The van der Waals surface area contributed by atoms with Crippen molar-refractivity contribution in [3.05, 3.63) is 52.6 Å². The van der Waals surface area contributed by atoms with Gasteiger partial charge in [-0.2, -0.15) is 0 Å². The largest absolute Gasteiger partial charge is 0.497 e. The molecule has 1 aliphatic heterocycles. The van der Waals surface area contributed by atoms with Crippen molar-refractivity contribution in [2.45, 2.75) is 20.0 Å². The van der Waals surface area contributed by atoms with Gasteiger partial charge in [0.2, 0.25) is 0 Å². The summed E-state index contributed by atoms with van der Waals surface area (Å²) in [5.41, 5.74) is 0.844. The Bertz CT molecular complexity index is 1080. The van der Waals surface area contributed by atoms with Crippen LogP contribution < -0.4 is 24.4 Å². The number of carbonyl (C=O) groups excluding carboxylic acids is 2. The summed E-state index contributed by atoms with van der Waals surface area (Å²) in [7, 11) is 2.99. The molecule has 0 atom stereocenters. The molecule has 1 N–H and O–H groups in total.